The number of fused-ring (bicyclic) bond motifs is 1. The second-order valence-corrected chi connectivity index (χ2v) is 8.45. The summed E-state index contributed by atoms with van der Waals surface area (Å²) in [5.74, 6) is 0.283. The van der Waals surface area contributed by atoms with Crippen LogP contribution in [0.1, 0.15) is 35.4 Å². The van der Waals surface area contributed by atoms with Gasteiger partial charge in [-0.15, -0.1) is 0 Å². The van der Waals surface area contributed by atoms with Gasteiger partial charge in [-0.25, -0.2) is 9.97 Å². The van der Waals surface area contributed by atoms with Gasteiger partial charge >= 0.3 is 0 Å². The molecule has 0 saturated carbocycles. The maximum absolute atomic E-state index is 13.2. The third-order valence-electron chi connectivity index (χ3n) is 6.15. The molecular formula is C24H28N8O3. The summed E-state index contributed by atoms with van der Waals surface area (Å²) in [5, 5.41) is 10.5. The number of ether oxygens (including phenoxy) is 1. The van der Waals surface area contributed by atoms with Crippen LogP contribution in [-0.2, 0) is 4.74 Å². The average molecular weight is 477 g/mol. The highest BCUT2D eigenvalue weighted by Gasteiger charge is 2.23. The van der Waals surface area contributed by atoms with E-state index < -0.39 is 0 Å². The Morgan fingerprint density at radius 3 is 2.54 bits per heavy atom. The number of hydrogen-bond acceptors (Lipinski definition) is 10. The molecule has 3 aromatic heterocycles. The van der Waals surface area contributed by atoms with E-state index in [1.54, 1.807) is 24.3 Å². The summed E-state index contributed by atoms with van der Waals surface area (Å²) >= 11 is 0. The first-order valence-corrected chi connectivity index (χ1v) is 11.8. The number of nitrogens with one attached hydrogen (secondary N) is 2. The van der Waals surface area contributed by atoms with E-state index in [0.717, 1.165) is 32.1 Å². The molecule has 5 rings (SSSR count). The molecular weight excluding hydrogens is 448 g/mol. The molecule has 35 heavy (non-hydrogen) atoms. The molecule has 0 bridgehead atoms. The fourth-order valence-corrected chi connectivity index (χ4v) is 4.29. The lowest BCUT2D eigenvalue weighted by Crippen LogP contribution is -2.36. The number of carbonyl (C=O) groups excluding carboxylic acids is 1. The molecule has 0 radical (unpaired) electrons. The standard InChI is InChI=1S/C24H28N8O3/c25-14-16(15-26)17-5-4-6-18(27-17)23(33)28-19-13-20-21(29-22(19)31-7-2-1-3-8-31)30-24(35-20)32-9-11-34-12-10-32/h4-6,13-15,25H,1-3,7-12,26H2,(H,28,33)/b16-15+,25-14?. The van der Waals surface area contributed by atoms with Gasteiger partial charge in [0.2, 0.25) is 5.65 Å². The Bertz CT molecular complexity index is 1260. The quantitative estimate of drug-likeness (QED) is 0.457. The zero-order valence-corrected chi connectivity index (χ0v) is 19.4. The van der Waals surface area contributed by atoms with Gasteiger partial charge in [-0.05, 0) is 31.4 Å². The van der Waals surface area contributed by atoms with Gasteiger partial charge < -0.3 is 35.4 Å². The molecule has 5 heterocycles. The number of pyridine rings is 2. The van der Waals surface area contributed by atoms with E-state index in [0.29, 0.717) is 66.3 Å². The second-order valence-electron chi connectivity index (χ2n) is 8.45. The Balaban J connectivity index is 1.49. The van der Waals surface area contributed by atoms with E-state index in [1.807, 2.05) is 4.90 Å². The van der Waals surface area contributed by atoms with Gasteiger partial charge in [0.15, 0.2) is 11.4 Å². The van der Waals surface area contributed by atoms with Crippen LogP contribution in [0.15, 0.2) is 34.9 Å². The molecule has 2 fully saturated rings. The molecule has 0 unspecified atom stereocenters. The number of oxazole rings is 1. The Labute approximate surface area is 202 Å². The normalized spacial score (nSPS) is 17.0. The zero-order chi connectivity index (χ0) is 24.2. The van der Waals surface area contributed by atoms with E-state index in [9.17, 15) is 4.79 Å². The molecule has 0 atom stereocenters. The van der Waals surface area contributed by atoms with Gasteiger partial charge in [0.1, 0.15) is 5.69 Å². The summed E-state index contributed by atoms with van der Waals surface area (Å²) in [6.45, 7) is 4.36. The number of piperidine rings is 1. The van der Waals surface area contributed by atoms with E-state index in [-0.39, 0.29) is 11.6 Å². The third kappa shape index (κ3) is 4.80. The maximum atomic E-state index is 13.2. The molecule has 0 spiro atoms. The van der Waals surface area contributed by atoms with Crippen LogP contribution < -0.4 is 20.9 Å². The topological polar surface area (TPSA) is 146 Å². The third-order valence-corrected chi connectivity index (χ3v) is 6.15. The Morgan fingerprint density at radius 1 is 1.03 bits per heavy atom. The molecule has 2 saturated heterocycles. The number of carbonyl (C=O) groups is 1. The summed E-state index contributed by atoms with van der Waals surface area (Å²) in [4.78, 5) is 31.2. The lowest BCUT2D eigenvalue weighted by molar-refractivity contribution is 0.102. The lowest BCUT2D eigenvalue weighted by atomic mass is 10.1. The van der Waals surface area contributed by atoms with Gasteiger partial charge in [0.25, 0.3) is 11.9 Å². The summed E-state index contributed by atoms with van der Waals surface area (Å²) in [6, 6.07) is 7.32. The van der Waals surface area contributed by atoms with Gasteiger partial charge in [0.05, 0.1) is 24.6 Å². The Kier molecular flexibility index (Phi) is 6.57. The van der Waals surface area contributed by atoms with Gasteiger partial charge in [0, 0.05) is 50.2 Å². The van der Waals surface area contributed by atoms with Crippen LogP contribution in [0.5, 0.6) is 0 Å². The summed E-state index contributed by atoms with van der Waals surface area (Å²) < 4.78 is 11.4. The minimum absolute atomic E-state index is 0.208. The van der Waals surface area contributed by atoms with Gasteiger partial charge in [-0.3, -0.25) is 4.79 Å². The Hall–Kier alpha value is -3.99. The van der Waals surface area contributed by atoms with Gasteiger partial charge in [-0.2, -0.15) is 4.98 Å². The molecule has 2 aliphatic heterocycles. The fourth-order valence-electron chi connectivity index (χ4n) is 4.29. The molecule has 3 aromatic rings. The molecule has 4 N–H and O–H groups in total. The molecule has 11 heteroatoms. The molecule has 182 valence electrons. The molecule has 0 aliphatic carbocycles. The molecule has 0 aromatic carbocycles. The maximum Gasteiger partial charge on any atom is 0.300 e. The number of allylic oxidation sites excluding steroid dienone is 1. The van der Waals surface area contributed by atoms with Crippen molar-refractivity contribution in [2.45, 2.75) is 19.3 Å². The van der Waals surface area contributed by atoms with Crippen LogP contribution in [0.3, 0.4) is 0 Å². The van der Waals surface area contributed by atoms with Crippen molar-refractivity contribution in [1.29, 1.82) is 5.41 Å². The van der Waals surface area contributed by atoms with E-state index in [4.69, 9.17) is 25.3 Å². The van der Waals surface area contributed by atoms with Crippen LogP contribution in [0.4, 0.5) is 17.5 Å². The van der Waals surface area contributed by atoms with Crippen molar-refractivity contribution in [1.82, 2.24) is 15.0 Å². The number of amides is 1. The highest BCUT2D eigenvalue weighted by Crippen LogP contribution is 2.32. The zero-order valence-electron chi connectivity index (χ0n) is 19.4. The van der Waals surface area contributed by atoms with Crippen molar-refractivity contribution >= 4 is 46.4 Å². The van der Waals surface area contributed by atoms with Crippen molar-refractivity contribution in [2.24, 2.45) is 5.73 Å². The average Bonchev–Trinajstić information content (AvgIpc) is 3.33. The van der Waals surface area contributed by atoms with E-state index in [2.05, 4.69) is 20.2 Å². The number of rotatable bonds is 6. The number of nitrogens with zero attached hydrogens (tertiary/aromatic N) is 5. The molecule has 11 nitrogen and oxygen atoms in total. The highest BCUT2D eigenvalue weighted by atomic mass is 16.5. The van der Waals surface area contributed by atoms with Crippen molar-refractivity contribution in [2.75, 3.05) is 54.5 Å². The number of nitrogens with two attached hydrogens (primary N) is 1. The SMILES string of the molecule is N=C/C(=C\N)c1cccc(C(=O)Nc2cc3oc(N4CCOCC4)nc3nc2N2CCCCC2)n1. The van der Waals surface area contributed by atoms with Gasteiger partial charge in [-0.1, -0.05) is 6.07 Å². The number of hydrogen-bond donors (Lipinski definition) is 3. The molecule has 2 aliphatic rings. The number of aromatic nitrogens is 3. The summed E-state index contributed by atoms with van der Waals surface area (Å²) in [7, 11) is 0. The smallest absolute Gasteiger partial charge is 0.300 e. The monoisotopic (exact) mass is 476 g/mol. The van der Waals surface area contributed by atoms with Crippen molar-refractivity contribution in [3.8, 4) is 0 Å². The minimum Gasteiger partial charge on any atom is -0.422 e. The predicted molar refractivity (Wildman–Crippen MR) is 134 cm³/mol. The van der Waals surface area contributed by atoms with Crippen LogP contribution >= 0.6 is 0 Å². The minimum atomic E-state index is -0.388. The summed E-state index contributed by atoms with van der Waals surface area (Å²) in [6.07, 6.45) is 5.69. The first kappa shape index (κ1) is 22.8. The predicted octanol–water partition coefficient (Wildman–Crippen LogP) is 2.65. The van der Waals surface area contributed by atoms with Crippen LogP contribution in [0.25, 0.3) is 16.8 Å². The fraction of sp³-hybridized carbons (Fsp3) is 0.375. The van der Waals surface area contributed by atoms with Crippen molar-refractivity contribution < 1.29 is 13.9 Å². The highest BCUT2D eigenvalue weighted by molar-refractivity contribution is 6.09. The van der Waals surface area contributed by atoms with E-state index in [1.165, 1.54) is 12.6 Å². The molecule has 1 amide bonds. The van der Waals surface area contributed by atoms with Crippen LogP contribution in [0, 0.1) is 5.41 Å². The Morgan fingerprint density at radius 2 is 1.80 bits per heavy atom. The van der Waals surface area contributed by atoms with Crippen molar-refractivity contribution in [3.05, 3.63) is 41.9 Å². The first-order chi connectivity index (χ1) is 17.2. The van der Waals surface area contributed by atoms with E-state index >= 15 is 0 Å². The van der Waals surface area contributed by atoms with Crippen molar-refractivity contribution in [3.63, 3.8) is 0 Å². The van der Waals surface area contributed by atoms with Crippen LogP contribution in [-0.4, -0.2) is 66.5 Å². The lowest BCUT2D eigenvalue weighted by Gasteiger charge is -2.29. The number of anilines is 3. The largest absolute Gasteiger partial charge is 0.422 e. The first-order valence-electron chi connectivity index (χ1n) is 11.8. The van der Waals surface area contributed by atoms with Crippen LogP contribution in [0.2, 0.25) is 0 Å². The summed E-state index contributed by atoms with van der Waals surface area (Å²) in [5.41, 5.74) is 8.22. The number of morpholine rings is 1. The second kappa shape index (κ2) is 10.1.